The van der Waals surface area contributed by atoms with Crippen LogP contribution in [0.5, 0.6) is 0 Å². The Labute approximate surface area is 546 Å². The Hall–Kier alpha value is -2.81. The molecule has 0 aromatic rings. The molecule has 512 valence electrons. The highest BCUT2D eigenvalue weighted by atomic mass is 31.2. The van der Waals surface area contributed by atoms with Gasteiger partial charge in [-0.05, 0) is 109 Å². The van der Waals surface area contributed by atoms with Gasteiger partial charge in [-0.2, -0.15) is 0 Å². The van der Waals surface area contributed by atoms with E-state index in [1.54, 1.807) is 0 Å². The van der Waals surface area contributed by atoms with E-state index in [-0.39, 0.29) is 31.5 Å². The molecule has 0 heterocycles. The summed E-state index contributed by atoms with van der Waals surface area (Å²) < 4.78 is 30.9. The molecule has 88 heavy (non-hydrogen) atoms. The van der Waals surface area contributed by atoms with E-state index in [0.717, 1.165) is 96.3 Å². The predicted molar refractivity (Wildman–Crippen MR) is 383 cm³/mol. The van der Waals surface area contributed by atoms with Crippen LogP contribution in [0, 0.1) is 0 Å². The standard InChI is InChI=1S/C78H143N2O7P/c1-7-10-13-16-19-22-25-28-30-32-34-36-38-40-42-44-46-48-50-52-55-58-61-64-67-70-77(81)79-75(74-86-88(83,84)85-73-72-80(4,5)6)76(69-66-63-60-57-54-27-24-21-18-15-12-9-3)87-78(82)71-68-65-62-59-56-53-51-49-47-45-43-41-39-37-35-33-31-29-26-23-20-17-14-11-8-2/h19-20,22-23,28-31,34,36,40,42,66,69,75-76H,7-18,21,24-27,32-33,35,37-39,41,43-65,67-68,70-74H2,1-6H3,(H-,79,81,83,84)/p+1/b22-19-,23-20-,30-28-,31-29-,36-34-,42-40-,69-66+. The number of amides is 1. The van der Waals surface area contributed by atoms with E-state index in [9.17, 15) is 19.0 Å². The number of ether oxygens (including phenoxy) is 1. The van der Waals surface area contributed by atoms with Crippen molar-refractivity contribution in [1.82, 2.24) is 5.32 Å². The van der Waals surface area contributed by atoms with E-state index in [4.69, 9.17) is 13.8 Å². The van der Waals surface area contributed by atoms with Crippen LogP contribution >= 0.6 is 7.82 Å². The zero-order valence-corrected chi connectivity index (χ0v) is 59.6. The summed E-state index contributed by atoms with van der Waals surface area (Å²) in [6.45, 7) is 6.99. The first-order valence-corrected chi connectivity index (χ1v) is 38.9. The maximum Gasteiger partial charge on any atom is 0.472 e. The number of phosphoric ester groups is 1. The quantitative estimate of drug-likeness (QED) is 0.0205. The third kappa shape index (κ3) is 67.6. The lowest BCUT2D eigenvalue weighted by atomic mass is 10.0. The molecular formula is C78H144N2O7P+. The molecule has 0 bridgehead atoms. The number of unbranched alkanes of at least 4 members (excludes halogenated alkanes) is 40. The number of hydrogen-bond donors (Lipinski definition) is 2. The number of carbonyl (C=O) groups is 2. The normalized spacial score (nSPS) is 13.9. The molecule has 0 radical (unpaired) electrons. The fraction of sp³-hybridized carbons (Fsp3) is 0.795. The Bertz CT molecular complexity index is 1780. The monoisotopic (exact) mass is 1250 g/mol. The lowest BCUT2D eigenvalue weighted by molar-refractivity contribution is -0.870. The number of hydrogen-bond acceptors (Lipinski definition) is 6. The number of phosphoric acid groups is 1. The Morgan fingerprint density at radius 3 is 1.06 bits per heavy atom. The molecule has 0 fully saturated rings. The van der Waals surface area contributed by atoms with Gasteiger partial charge in [0, 0.05) is 12.8 Å². The smallest absolute Gasteiger partial charge is 0.456 e. The Kier molecular flexibility index (Phi) is 64.9. The molecule has 0 spiro atoms. The lowest BCUT2D eigenvalue weighted by Gasteiger charge is -2.27. The van der Waals surface area contributed by atoms with Gasteiger partial charge in [0.05, 0.1) is 33.8 Å². The van der Waals surface area contributed by atoms with Crippen LogP contribution < -0.4 is 5.32 Å². The van der Waals surface area contributed by atoms with E-state index < -0.39 is 20.0 Å². The Balaban J connectivity index is 5.02. The predicted octanol–water partition coefficient (Wildman–Crippen LogP) is 24.1. The molecule has 10 heteroatoms. The summed E-state index contributed by atoms with van der Waals surface area (Å²) in [5, 5.41) is 3.07. The van der Waals surface area contributed by atoms with E-state index >= 15 is 0 Å². The molecule has 0 aromatic heterocycles. The first-order valence-electron chi connectivity index (χ1n) is 37.4. The second-order valence-electron chi connectivity index (χ2n) is 26.5. The van der Waals surface area contributed by atoms with Crippen molar-refractivity contribution in [2.75, 3.05) is 40.9 Å². The summed E-state index contributed by atoms with van der Waals surface area (Å²) in [4.78, 5) is 38.0. The van der Waals surface area contributed by atoms with Gasteiger partial charge in [-0.15, -0.1) is 0 Å². The van der Waals surface area contributed by atoms with Crippen LogP contribution in [0.4, 0.5) is 0 Å². The summed E-state index contributed by atoms with van der Waals surface area (Å²) in [7, 11) is 1.49. The number of esters is 1. The lowest BCUT2D eigenvalue weighted by Crippen LogP contribution is -2.47. The molecular weight excluding hydrogens is 1110 g/mol. The molecule has 3 atom stereocenters. The zero-order chi connectivity index (χ0) is 64.2. The molecule has 1 amide bonds. The number of carbonyl (C=O) groups excluding carboxylic acids is 2. The minimum Gasteiger partial charge on any atom is -0.456 e. The fourth-order valence-corrected chi connectivity index (χ4v) is 11.5. The highest BCUT2D eigenvalue weighted by molar-refractivity contribution is 7.47. The topological polar surface area (TPSA) is 111 Å². The molecule has 0 aliphatic rings. The second-order valence-corrected chi connectivity index (χ2v) is 27.9. The molecule has 3 unspecified atom stereocenters. The number of likely N-dealkylation sites (N-methyl/N-ethyl adjacent to an activating group) is 1. The highest BCUT2D eigenvalue weighted by Crippen LogP contribution is 2.43. The molecule has 0 saturated heterocycles. The average Bonchev–Trinajstić information content (AvgIpc) is 3.71. The minimum atomic E-state index is -4.46. The highest BCUT2D eigenvalue weighted by Gasteiger charge is 2.30. The second kappa shape index (κ2) is 67.1. The van der Waals surface area contributed by atoms with E-state index in [0.29, 0.717) is 17.4 Å². The van der Waals surface area contributed by atoms with Crippen LogP contribution in [0.2, 0.25) is 0 Å². The van der Waals surface area contributed by atoms with Crippen LogP contribution in [0.15, 0.2) is 85.1 Å². The van der Waals surface area contributed by atoms with Crippen molar-refractivity contribution >= 4 is 19.7 Å². The molecule has 0 aliphatic heterocycles. The summed E-state index contributed by atoms with van der Waals surface area (Å²) in [6.07, 6.45) is 90.3. The van der Waals surface area contributed by atoms with Crippen LogP contribution in [-0.4, -0.2) is 74.3 Å². The maximum atomic E-state index is 13.6. The van der Waals surface area contributed by atoms with Crippen molar-refractivity contribution in [3.63, 3.8) is 0 Å². The number of nitrogens with one attached hydrogen (secondary N) is 1. The number of allylic oxidation sites excluding steroid dienone is 13. The Morgan fingerprint density at radius 1 is 0.398 bits per heavy atom. The van der Waals surface area contributed by atoms with Gasteiger partial charge in [-0.25, -0.2) is 4.57 Å². The first kappa shape index (κ1) is 85.2. The van der Waals surface area contributed by atoms with Crippen molar-refractivity contribution in [1.29, 1.82) is 0 Å². The van der Waals surface area contributed by atoms with Crippen molar-refractivity contribution < 1.29 is 37.3 Å². The van der Waals surface area contributed by atoms with Gasteiger partial charge in [0.1, 0.15) is 19.3 Å². The summed E-state index contributed by atoms with van der Waals surface area (Å²) in [5.41, 5.74) is 0. The number of nitrogens with zero attached hydrogens (tertiary/aromatic N) is 1. The number of quaternary nitrogens is 1. The van der Waals surface area contributed by atoms with Gasteiger partial charge in [-0.1, -0.05) is 312 Å². The van der Waals surface area contributed by atoms with Gasteiger partial charge >= 0.3 is 13.8 Å². The van der Waals surface area contributed by atoms with E-state index in [1.165, 1.54) is 218 Å². The van der Waals surface area contributed by atoms with E-state index in [2.05, 4.69) is 99.0 Å². The van der Waals surface area contributed by atoms with Crippen LogP contribution in [0.25, 0.3) is 0 Å². The van der Waals surface area contributed by atoms with Crippen molar-refractivity contribution in [2.24, 2.45) is 0 Å². The van der Waals surface area contributed by atoms with Crippen molar-refractivity contribution in [2.45, 2.75) is 360 Å². The maximum absolute atomic E-state index is 13.6. The molecule has 9 nitrogen and oxygen atoms in total. The molecule has 0 rings (SSSR count). The minimum absolute atomic E-state index is 0.0371. The van der Waals surface area contributed by atoms with Gasteiger partial charge in [0.25, 0.3) is 0 Å². The molecule has 0 saturated carbocycles. The van der Waals surface area contributed by atoms with Gasteiger partial charge < -0.3 is 19.4 Å². The summed E-state index contributed by atoms with van der Waals surface area (Å²) in [6, 6.07) is -0.856. The zero-order valence-electron chi connectivity index (χ0n) is 58.7. The van der Waals surface area contributed by atoms with Gasteiger partial charge in [-0.3, -0.25) is 18.6 Å². The fourth-order valence-electron chi connectivity index (χ4n) is 10.8. The largest absolute Gasteiger partial charge is 0.472 e. The third-order valence-corrected chi connectivity index (χ3v) is 17.5. The molecule has 0 aliphatic carbocycles. The number of rotatable bonds is 68. The third-order valence-electron chi connectivity index (χ3n) is 16.6. The first-order chi connectivity index (χ1) is 42.9. The molecule has 0 aromatic carbocycles. The molecule has 2 N–H and O–H groups in total. The Morgan fingerprint density at radius 2 is 0.693 bits per heavy atom. The summed E-state index contributed by atoms with van der Waals surface area (Å²) in [5.74, 6) is -0.502. The van der Waals surface area contributed by atoms with Crippen molar-refractivity contribution in [3.05, 3.63) is 85.1 Å². The van der Waals surface area contributed by atoms with Gasteiger partial charge in [0.2, 0.25) is 5.91 Å². The van der Waals surface area contributed by atoms with Crippen LogP contribution in [0.3, 0.4) is 0 Å². The van der Waals surface area contributed by atoms with Crippen LogP contribution in [-0.2, 0) is 27.9 Å². The SMILES string of the molecule is CCCCC/C=C\C/C=C\C/C=C\C/C=C\CCCCCCCCCCCC(=O)NC(COP(=O)(O)OCC[N+](C)(C)C)C(/C=C/CCCCCCCCCCCC)OC(=O)CCCCCCCCCCCCCCCCC/C=C\C/C=C\CCCCC. The van der Waals surface area contributed by atoms with Gasteiger partial charge in [0.15, 0.2) is 0 Å². The summed E-state index contributed by atoms with van der Waals surface area (Å²) >= 11 is 0. The van der Waals surface area contributed by atoms with E-state index in [1.807, 2.05) is 33.3 Å². The average molecular weight is 1250 g/mol. The van der Waals surface area contributed by atoms with Crippen molar-refractivity contribution in [3.8, 4) is 0 Å². The van der Waals surface area contributed by atoms with Crippen LogP contribution in [0.1, 0.15) is 348 Å².